The van der Waals surface area contributed by atoms with Crippen molar-refractivity contribution >= 4 is 41.0 Å². The Morgan fingerprint density at radius 3 is 2.63 bits per heavy atom. The molecule has 0 aliphatic carbocycles. The van der Waals surface area contributed by atoms with Crippen LogP contribution in [0.5, 0.6) is 11.5 Å². The Balaban J connectivity index is 2.29. The Morgan fingerprint density at radius 2 is 2.04 bits per heavy atom. The van der Waals surface area contributed by atoms with Crippen molar-refractivity contribution in [2.75, 3.05) is 21.3 Å². The summed E-state index contributed by atoms with van der Waals surface area (Å²) in [4.78, 5) is 34.4. The van der Waals surface area contributed by atoms with E-state index in [9.17, 15) is 14.4 Å². The fourth-order valence-electron chi connectivity index (χ4n) is 2.18. The minimum absolute atomic E-state index is 0.157. The summed E-state index contributed by atoms with van der Waals surface area (Å²) in [6, 6.07) is 3.04. The quantitative estimate of drug-likeness (QED) is 0.395. The number of methoxy groups -OCH3 is 3. The van der Waals surface area contributed by atoms with Crippen LogP contribution in [0.25, 0.3) is 0 Å². The molecule has 1 fully saturated rings. The third-order valence-corrected chi connectivity index (χ3v) is 4.52. The zero-order valence-electron chi connectivity index (χ0n) is 14.7. The van der Waals surface area contributed by atoms with Crippen LogP contribution < -0.4 is 14.8 Å². The second-order valence-corrected chi connectivity index (χ2v) is 6.32. The zero-order valence-corrected chi connectivity index (χ0v) is 15.5. The standard InChI is InChI=1S/C16H17N3O7S/c1-24-8-4-9(15(23)26-3)10(11(5-8)25-2)7-17-19-16-18-14(22)12(27-16)6-13(20)21/h4-5,7,12H,6H2,1-3H3,(H,20,21)(H,18,19,22). The molecular weight excluding hydrogens is 378 g/mol. The SMILES string of the molecule is COC(=O)c1cc(OC)cc(OC)c1C=NN=C1NC(=O)C(CC(=O)O)S1. The van der Waals surface area contributed by atoms with Crippen LogP contribution in [0.15, 0.2) is 22.3 Å². The Bertz CT molecular complexity index is 822. The molecule has 1 heterocycles. The molecule has 0 aromatic heterocycles. The maximum Gasteiger partial charge on any atom is 0.338 e. The third kappa shape index (κ3) is 4.97. The molecule has 1 aliphatic rings. The van der Waals surface area contributed by atoms with Gasteiger partial charge in [-0.05, 0) is 6.07 Å². The summed E-state index contributed by atoms with van der Waals surface area (Å²) in [6.45, 7) is 0. The van der Waals surface area contributed by atoms with Gasteiger partial charge in [0.2, 0.25) is 5.91 Å². The summed E-state index contributed by atoms with van der Waals surface area (Å²) in [5.74, 6) is -1.45. The predicted octanol–water partition coefficient (Wildman–Crippen LogP) is 0.887. The number of hydrogen-bond acceptors (Lipinski definition) is 9. The fourth-order valence-corrected chi connectivity index (χ4v) is 3.10. The molecule has 144 valence electrons. The maximum absolute atomic E-state index is 12.0. The van der Waals surface area contributed by atoms with Gasteiger partial charge in [0.05, 0.1) is 45.1 Å². The Morgan fingerprint density at radius 1 is 1.30 bits per heavy atom. The summed E-state index contributed by atoms with van der Waals surface area (Å²) in [5, 5.41) is 18.3. The van der Waals surface area contributed by atoms with Gasteiger partial charge in [0.1, 0.15) is 16.7 Å². The molecule has 0 bridgehead atoms. The van der Waals surface area contributed by atoms with E-state index in [4.69, 9.17) is 19.3 Å². The normalized spacial score (nSPS) is 17.8. The van der Waals surface area contributed by atoms with Gasteiger partial charge in [-0.2, -0.15) is 5.10 Å². The van der Waals surface area contributed by atoms with Crippen molar-refractivity contribution in [1.82, 2.24) is 5.32 Å². The number of carbonyl (C=O) groups excluding carboxylic acids is 2. The van der Waals surface area contributed by atoms with E-state index in [1.54, 1.807) is 6.07 Å². The molecule has 0 spiro atoms. The van der Waals surface area contributed by atoms with Crippen LogP contribution in [0.3, 0.4) is 0 Å². The highest BCUT2D eigenvalue weighted by Gasteiger charge is 2.32. The number of thioether (sulfide) groups is 1. The van der Waals surface area contributed by atoms with Gasteiger partial charge in [-0.3, -0.25) is 9.59 Å². The second-order valence-electron chi connectivity index (χ2n) is 5.13. The first-order valence-electron chi connectivity index (χ1n) is 7.54. The number of carboxylic acid groups (broad SMARTS) is 1. The summed E-state index contributed by atoms with van der Waals surface area (Å²) >= 11 is 0.965. The molecule has 1 aliphatic heterocycles. The van der Waals surface area contributed by atoms with Gasteiger partial charge in [-0.15, -0.1) is 5.10 Å². The van der Waals surface area contributed by atoms with E-state index in [1.807, 2.05) is 0 Å². The van der Waals surface area contributed by atoms with Crippen molar-refractivity contribution in [3.63, 3.8) is 0 Å². The highest BCUT2D eigenvalue weighted by atomic mass is 32.2. The van der Waals surface area contributed by atoms with Crippen LogP contribution in [-0.2, 0) is 14.3 Å². The maximum atomic E-state index is 12.0. The molecule has 2 rings (SSSR count). The van der Waals surface area contributed by atoms with Gasteiger partial charge in [-0.25, -0.2) is 4.79 Å². The number of amides is 1. The molecule has 2 N–H and O–H groups in total. The van der Waals surface area contributed by atoms with E-state index < -0.39 is 23.1 Å². The summed E-state index contributed by atoms with van der Waals surface area (Å²) in [5.41, 5.74) is 0.468. The van der Waals surface area contributed by atoms with E-state index in [-0.39, 0.29) is 17.2 Å². The van der Waals surface area contributed by atoms with Crippen LogP contribution in [-0.4, -0.2) is 60.9 Å². The molecule has 11 heteroatoms. The van der Waals surface area contributed by atoms with E-state index >= 15 is 0 Å². The van der Waals surface area contributed by atoms with Crippen molar-refractivity contribution in [2.24, 2.45) is 10.2 Å². The molecule has 1 amide bonds. The third-order valence-electron chi connectivity index (χ3n) is 3.45. The van der Waals surface area contributed by atoms with Gasteiger partial charge in [-0.1, -0.05) is 11.8 Å². The lowest BCUT2D eigenvalue weighted by Gasteiger charge is -2.11. The van der Waals surface area contributed by atoms with Crippen molar-refractivity contribution in [3.05, 3.63) is 23.3 Å². The lowest BCUT2D eigenvalue weighted by Crippen LogP contribution is -2.26. The molecule has 0 saturated carbocycles. The Kier molecular flexibility index (Phi) is 6.77. The van der Waals surface area contributed by atoms with E-state index in [1.165, 1.54) is 33.6 Å². The van der Waals surface area contributed by atoms with E-state index in [2.05, 4.69) is 15.5 Å². The van der Waals surface area contributed by atoms with Crippen molar-refractivity contribution in [3.8, 4) is 11.5 Å². The number of rotatable bonds is 7. The number of nitrogens with one attached hydrogen (secondary N) is 1. The fraction of sp³-hybridized carbons (Fsp3) is 0.312. The zero-order chi connectivity index (χ0) is 20.0. The summed E-state index contributed by atoms with van der Waals surface area (Å²) in [6.07, 6.45) is 0.951. The number of aliphatic carboxylic acids is 1. The monoisotopic (exact) mass is 395 g/mol. The van der Waals surface area contributed by atoms with Crippen molar-refractivity contribution in [2.45, 2.75) is 11.7 Å². The summed E-state index contributed by atoms with van der Waals surface area (Å²) in [7, 11) is 4.11. The van der Waals surface area contributed by atoms with Crippen molar-refractivity contribution < 1.29 is 33.7 Å². The van der Waals surface area contributed by atoms with Crippen LogP contribution in [0, 0.1) is 0 Å². The molecular formula is C16H17N3O7S. The first-order valence-corrected chi connectivity index (χ1v) is 8.42. The Labute approximate surface area is 158 Å². The largest absolute Gasteiger partial charge is 0.497 e. The van der Waals surface area contributed by atoms with E-state index in [0.717, 1.165) is 11.8 Å². The Hall–Kier alpha value is -3.08. The molecule has 10 nitrogen and oxygen atoms in total. The first-order chi connectivity index (χ1) is 12.9. The van der Waals surface area contributed by atoms with Gasteiger partial charge in [0.25, 0.3) is 0 Å². The highest BCUT2D eigenvalue weighted by Crippen LogP contribution is 2.28. The number of hydrogen-bond donors (Lipinski definition) is 2. The average molecular weight is 395 g/mol. The average Bonchev–Trinajstić information content (AvgIpc) is 2.99. The van der Waals surface area contributed by atoms with Crippen LogP contribution in [0.4, 0.5) is 0 Å². The number of carbonyl (C=O) groups is 3. The van der Waals surface area contributed by atoms with Crippen LogP contribution in [0.1, 0.15) is 22.3 Å². The minimum atomic E-state index is -1.09. The minimum Gasteiger partial charge on any atom is -0.497 e. The number of amidine groups is 1. The van der Waals surface area contributed by atoms with Gasteiger partial charge < -0.3 is 24.6 Å². The van der Waals surface area contributed by atoms with Gasteiger partial charge >= 0.3 is 11.9 Å². The second kappa shape index (κ2) is 9.03. The number of nitrogens with zero attached hydrogens (tertiary/aromatic N) is 2. The molecule has 1 saturated heterocycles. The smallest absolute Gasteiger partial charge is 0.338 e. The van der Waals surface area contributed by atoms with Crippen LogP contribution >= 0.6 is 11.8 Å². The molecule has 1 aromatic rings. The summed E-state index contributed by atoms with van der Waals surface area (Å²) < 4.78 is 15.1. The van der Waals surface area contributed by atoms with Crippen LogP contribution in [0.2, 0.25) is 0 Å². The first kappa shape index (κ1) is 20.2. The van der Waals surface area contributed by atoms with E-state index in [0.29, 0.717) is 17.1 Å². The number of ether oxygens (including phenoxy) is 3. The van der Waals surface area contributed by atoms with Gasteiger partial charge in [0.15, 0.2) is 5.17 Å². The number of carboxylic acids is 1. The number of benzene rings is 1. The lowest BCUT2D eigenvalue weighted by atomic mass is 10.1. The van der Waals surface area contributed by atoms with Gasteiger partial charge in [0, 0.05) is 6.07 Å². The molecule has 1 unspecified atom stereocenters. The highest BCUT2D eigenvalue weighted by molar-refractivity contribution is 8.15. The molecule has 1 atom stereocenters. The van der Waals surface area contributed by atoms with Crippen molar-refractivity contribution in [1.29, 1.82) is 0 Å². The number of esters is 1. The predicted molar refractivity (Wildman–Crippen MR) is 97.7 cm³/mol. The molecule has 27 heavy (non-hydrogen) atoms. The molecule has 0 radical (unpaired) electrons. The lowest BCUT2D eigenvalue weighted by molar-refractivity contribution is -0.138. The topological polar surface area (TPSA) is 136 Å². The molecule has 1 aromatic carbocycles.